The van der Waals surface area contributed by atoms with E-state index in [-0.39, 0.29) is 5.95 Å². The molecule has 6 nitrogen and oxygen atoms in total. The van der Waals surface area contributed by atoms with Crippen molar-refractivity contribution in [2.75, 3.05) is 17.7 Å². The number of nitrogens with two attached hydrogens (primary N) is 1. The number of tetrazole rings is 1. The number of nitrogen functional groups attached to an aromatic ring is 1. The first-order valence-electron chi connectivity index (χ1n) is 3.23. The highest BCUT2D eigenvalue weighted by atomic mass is 15.7. The highest BCUT2D eigenvalue weighted by Crippen LogP contribution is 1.85. The molecule has 0 radical (unpaired) electrons. The SMILES string of the molecule is C/C=C/CNn1nnnc1N. The fourth-order valence-corrected chi connectivity index (χ4v) is 0.564. The van der Waals surface area contributed by atoms with Gasteiger partial charge in [0.05, 0.1) is 6.54 Å². The molecule has 0 saturated carbocycles. The van der Waals surface area contributed by atoms with Gasteiger partial charge in [-0.25, -0.2) is 0 Å². The minimum Gasteiger partial charge on any atom is -0.365 e. The number of allylic oxidation sites excluding steroid dienone is 1. The fourth-order valence-electron chi connectivity index (χ4n) is 0.564. The van der Waals surface area contributed by atoms with E-state index >= 15 is 0 Å². The molecule has 6 heteroatoms. The third kappa shape index (κ3) is 1.92. The molecular weight excluding hydrogens is 144 g/mol. The average molecular weight is 154 g/mol. The van der Waals surface area contributed by atoms with Gasteiger partial charge in [0.15, 0.2) is 0 Å². The average Bonchev–Trinajstić information content (AvgIpc) is 2.37. The molecule has 1 heterocycles. The summed E-state index contributed by atoms with van der Waals surface area (Å²) in [7, 11) is 0. The molecule has 0 spiro atoms. The maximum absolute atomic E-state index is 5.36. The van der Waals surface area contributed by atoms with Gasteiger partial charge in [0, 0.05) is 0 Å². The van der Waals surface area contributed by atoms with Crippen molar-refractivity contribution in [1.29, 1.82) is 0 Å². The van der Waals surface area contributed by atoms with E-state index in [1.165, 1.54) is 4.79 Å². The van der Waals surface area contributed by atoms with E-state index in [4.69, 9.17) is 5.73 Å². The predicted octanol–water partition coefficient (Wildman–Crippen LogP) is -0.625. The Kier molecular flexibility index (Phi) is 2.42. The number of hydrogen-bond acceptors (Lipinski definition) is 5. The summed E-state index contributed by atoms with van der Waals surface area (Å²) in [6, 6.07) is 0. The van der Waals surface area contributed by atoms with Crippen LogP contribution in [0.1, 0.15) is 6.92 Å². The Morgan fingerprint density at radius 3 is 3.09 bits per heavy atom. The van der Waals surface area contributed by atoms with Gasteiger partial charge in [-0.05, 0) is 17.4 Å². The highest BCUT2D eigenvalue weighted by molar-refractivity contribution is 5.12. The van der Waals surface area contributed by atoms with Gasteiger partial charge in [-0.3, -0.25) is 0 Å². The first-order chi connectivity index (χ1) is 5.34. The highest BCUT2D eigenvalue weighted by Gasteiger charge is 1.95. The van der Waals surface area contributed by atoms with Gasteiger partial charge in [-0.1, -0.05) is 17.3 Å². The fraction of sp³-hybridized carbons (Fsp3) is 0.400. The quantitative estimate of drug-likeness (QED) is 0.567. The third-order valence-corrected chi connectivity index (χ3v) is 1.09. The summed E-state index contributed by atoms with van der Waals surface area (Å²) in [5.74, 6) is 0.259. The summed E-state index contributed by atoms with van der Waals surface area (Å²) in [5, 5.41) is 10.4. The number of hydrogen-bond donors (Lipinski definition) is 2. The van der Waals surface area contributed by atoms with E-state index in [0.717, 1.165) is 0 Å². The normalized spacial score (nSPS) is 10.6. The molecule has 0 amide bonds. The van der Waals surface area contributed by atoms with Crippen LogP contribution in [0, 0.1) is 0 Å². The van der Waals surface area contributed by atoms with Crippen molar-refractivity contribution in [3.63, 3.8) is 0 Å². The van der Waals surface area contributed by atoms with Crippen LogP contribution in [0.5, 0.6) is 0 Å². The summed E-state index contributed by atoms with van der Waals surface area (Å²) < 4.78 is 0. The molecule has 0 bridgehead atoms. The Labute approximate surface area is 64.0 Å². The van der Waals surface area contributed by atoms with Crippen LogP contribution in [0.2, 0.25) is 0 Å². The molecule has 0 aliphatic rings. The zero-order valence-corrected chi connectivity index (χ0v) is 6.23. The Morgan fingerprint density at radius 1 is 1.73 bits per heavy atom. The zero-order valence-electron chi connectivity index (χ0n) is 6.23. The summed E-state index contributed by atoms with van der Waals surface area (Å²) in [6.45, 7) is 2.59. The number of nitrogens with zero attached hydrogens (tertiary/aromatic N) is 4. The van der Waals surface area contributed by atoms with Crippen LogP contribution in [0.15, 0.2) is 12.2 Å². The molecule has 0 aliphatic heterocycles. The van der Waals surface area contributed by atoms with E-state index < -0.39 is 0 Å². The third-order valence-electron chi connectivity index (χ3n) is 1.09. The maximum Gasteiger partial charge on any atom is 0.260 e. The first-order valence-corrected chi connectivity index (χ1v) is 3.23. The molecule has 1 aromatic heterocycles. The Hall–Kier alpha value is -1.59. The van der Waals surface area contributed by atoms with Crippen LogP contribution < -0.4 is 11.2 Å². The lowest BCUT2D eigenvalue weighted by molar-refractivity contribution is 0.714. The van der Waals surface area contributed by atoms with Crippen LogP contribution in [0.3, 0.4) is 0 Å². The van der Waals surface area contributed by atoms with Crippen molar-refractivity contribution in [2.24, 2.45) is 0 Å². The molecule has 0 aromatic carbocycles. The van der Waals surface area contributed by atoms with Crippen LogP contribution >= 0.6 is 0 Å². The second kappa shape index (κ2) is 3.55. The van der Waals surface area contributed by atoms with Gasteiger partial charge in [0.2, 0.25) is 0 Å². The summed E-state index contributed by atoms with van der Waals surface area (Å²) in [5.41, 5.74) is 8.23. The molecule has 11 heavy (non-hydrogen) atoms. The van der Waals surface area contributed by atoms with E-state index in [9.17, 15) is 0 Å². The van der Waals surface area contributed by atoms with Gasteiger partial charge in [-0.15, -0.1) is 4.79 Å². The van der Waals surface area contributed by atoms with Crippen LogP contribution in [0.4, 0.5) is 5.95 Å². The lowest BCUT2D eigenvalue weighted by Gasteiger charge is -2.00. The topological polar surface area (TPSA) is 81.7 Å². The molecule has 0 atom stereocenters. The Bertz CT molecular complexity index is 239. The van der Waals surface area contributed by atoms with Crippen molar-refractivity contribution in [3.05, 3.63) is 12.2 Å². The molecule has 60 valence electrons. The van der Waals surface area contributed by atoms with Gasteiger partial charge in [0.1, 0.15) is 0 Å². The van der Waals surface area contributed by atoms with Crippen LogP contribution in [-0.2, 0) is 0 Å². The van der Waals surface area contributed by atoms with Crippen molar-refractivity contribution in [2.45, 2.75) is 6.92 Å². The molecule has 3 N–H and O–H groups in total. The number of nitrogens with one attached hydrogen (secondary N) is 1. The van der Waals surface area contributed by atoms with Gasteiger partial charge >= 0.3 is 0 Å². The zero-order chi connectivity index (χ0) is 8.10. The number of rotatable bonds is 3. The molecule has 0 aliphatic carbocycles. The largest absolute Gasteiger partial charge is 0.365 e. The van der Waals surface area contributed by atoms with E-state index in [0.29, 0.717) is 6.54 Å². The lowest BCUT2D eigenvalue weighted by Crippen LogP contribution is -2.18. The molecule has 0 fully saturated rings. The molecule has 1 aromatic rings. The van der Waals surface area contributed by atoms with E-state index in [1.807, 2.05) is 19.1 Å². The second-order valence-corrected chi connectivity index (χ2v) is 1.88. The number of aromatic nitrogens is 4. The van der Waals surface area contributed by atoms with E-state index in [1.54, 1.807) is 0 Å². The molecule has 0 saturated heterocycles. The van der Waals surface area contributed by atoms with Crippen LogP contribution in [-0.4, -0.2) is 26.9 Å². The van der Waals surface area contributed by atoms with Crippen molar-refractivity contribution < 1.29 is 0 Å². The van der Waals surface area contributed by atoms with Gasteiger partial charge in [-0.2, -0.15) is 0 Å². The van der Waals surface area contributed by atoms with Crippen molar-refractivity contribution in [3.8, 4) is 0 Å². The second-order valence-electron chi connectivity index (χ2n) is 1.88. The predicted molar refractivity (Wildman–Crippen MR) is 41.3 cm³/mol. The minimum absolute atomic E-state index is 0.259. The standard InChI is InChI=1S/C5H10N6/c1-2-3-4-7-11-5(6)8-9-10-11/h2-3,7H,4H2,1H3,(H2,6,8,10)/b3-2+. The maximum atomic E-state index is 5.36. The van der Waals surface area contributed by atoms with E-state index in [2.05, 4.69) is 21.0 Å². The van der Waals surface area contributed by atoms with Gasteiger partial charge < -0.3 is 11.2 Å². The van der Waals surface area contributed by atoms with Crippen molar-refractivity contribution in [1.82, 2.24) is 20.3 Å². The Morgan fingerprint density at radius 2 is 2.55 bits per heavy atom. The minimum atomic E-state index is 0.259. The van der Waals surface area contributed by atoms with Crippen LogP contribution in [0.25, 0.3) is 0 Å². The molecule has 1 rings (SSSR count). The number of anilines is 1. The Balaban J connectivity index is 2.44. The summed E-state index contributed by atoms with van der Waals surface area (Å²) >= 11 is 0. The van der Waals surface area contributed by atoms with Crippen molar-refractivity contribution >= 4 is 5.95 Å². The molecule has 0 unspecified atom stereocenters. The summed E-state index contributed by atoms with van der Waals surface area (Å²) in [6.07, 6.45) is 3.86. The smallest absolute Gasteiger partial charge is 0.260 e. The lowest BCUT2D eigenvalue weighted by atomic mass is 10.5. The molecular formula is C5H10N6. The summed E-state index contributed by atoms with van der Waals surface area (Å²) in [4.78, 5) is 1.32. The van der Waals surface area contributed by atoms with Gasteiger partial charge in [0.25, 0.3) is 5.95 Å². The monoisotopic (exact) mass is 154 g/mol. The first kappa shape index (κ1) is 7.52.